The lowest BCUT2D eigenvalue weighted by Gasteiger charge is -2.24. The van der Waals surface area contributed by atoms with Crippen molar-refractivity contribution in [2.45, 2.75) is 206 Å². The van der Waals surface area contributed by atoms with Crippen molar-refractivity contribution in [2.75, 3.05) is 54.1 Å². The van der Waals surface area contributed by atoms with Crippen molar-refractivity contribution in [2.24, 2.45) is 0 Å². The number of rotatable bonds is 45. The average molecular weight is 865 g/mol. The third-order valence-electron chi connectivity index (χ3n) is 10.3. The van der Waals surface area contributed by atoms with Gasteiger partial charge in [-0.3, -0.25) is 13.8 Å². The molecule has 2 unspecified atom stereocenters. The summed E-state index contributed by atoms with van der Waals surface area (Å²) in [7, 11) is 1.65. The molecule has 0 rings (SSSR count). The smallest absolute Gasteiger partial charge is 0.457 e. The topological polar surface area (TPSA) is 91.3 Å². The molecule has 1 N–H and O–H groups in total. The summed E-state index contributed by atoms with van der Waals surface area (Å²) < 4.78 is 35.1. The predicted octanol–water partition coefficient (Wildman–Crippen LogP) is 14.9. The Bertz CT molecular complexity index is 1140. The standard InChI is InChI=1S/C51H94NO7P/c1-6-8-10-12-14-16-18-20-22-24-25-26-27-28-30-32-34-36-38-40-42-44-51(53)59-50(49-58-60(54,55)57-47-45-52(3,4)5)48-56-46-43-41-39-37-35-33-31-29-23-21-19-17-15-13-11-9-7-2/h8,10,14,16,20,22-23,25-26,29,50H,6-7,9,11-13,15,17-19,21,24,27-28,30-49H2,1-5H3/p+1/b10-8-,16-14-,22-20-,26-25-,29-23-. The molecule has 60 heavy (non-hydrogen) atoms. The summed E-state index contributed by atoms with van der Waals surface area (Å²) in [6.07, 6.45) is 55.4. The zero-order valence-electron chi connectivity index (χ0n) is 39.7. The molecule has 350 valence electrons. The highest BCUT2D eigenvalue weighted by atomic mass is 31.2. The maximum absolute atomic E-state index is 12.7. The van der Waals surface area contributed by atoms with E-state index in [-0.39, 0.29) is 25.8 Å². The van der Waals surface area contributed by atoms with E-state index < -0.39 is 13.9 Å². The fraction of sp³-hybridized carbons (Fsp3) is 0.784. The largest absolute Gasteiger partial charge is 0.472 e. The molecule has 0 aromatic heterocycles. The van der Waals surface area contributed by atoms with Crippen LogP contribution in [0.1, 0.15) is 200 Å². The van der Waals surface area contributed by atoms with Gasteiger partial charge in [0.05, 0.1) is 34.4 Å². The van der Waals surface area contributed by atoms with Gasteiger partial charge >= 0.3 is 13.8 Å². The highest BCUT2D eigenvalue weighted by molar-refractivity contribution is 7.47. The summed E-state index contributed by atoms with van der Waals surface area (Å²) in [5.41, 5.74) is 0. The number of unbranched alkanes of at least 4 members (excludes halogenated alkanes) is 21. The molecule has 0 saturated carbocycles. The average Bonchev–Trinajstić information content (AvgIpc) is 3.20. The Morgan fingerprint density at radius 3 is 1.47 bits per heavy atom. The first-order valence-corrected chi connectivity index (χ1v) is 26.0. The second-order valence-electron chi connectivity index (χ2n) is 17.5. The van der Waals surface area contributed by atoms with Crippen molar-refractivity contribution in [1.29, 1.82) is 0 Å². The molecule has 2 atom stereocenters. The number of carbonyl (C=O) groups is 1. The van der Waals surface area contributed by atoms with Crippen LogP contribution < -0.4 is 0 Å². The highest BCUT2D eigenvalue weighted by Gasteiger charge is 2.26. The van der Waals surface area contributed by atoms with Crippen LogP contribution in [0.3, 0.4) is 0 Å². The van der Waals surface area contributed by atoms with Crippen LogP contribution in [0.2, 0.25) is 0 Å². The van der Waals surface area contributed by atoms with Crippen molar-refractivity contribution in [3.63, 3.8) is 0 Å². The molecule has 0 aliphatic carbocycles. The number of esters is 1. The number of phosphoric acid groups is 1. The Morgan fingerprint density at radius 1 is 0.533 bits per heavy atom. The molecule has 0 heterocycles. The van der Waals surface area contributed by atoms with Crippen molar-refractivity contribution >= 4 is 13.8 Å². The van der Waals surface area contributed by atoms with E-state index in [1.54, 1.807) is 0 Å². The zero-order valence-corrected chi connectivity index (χ0v) is 40.6. The Morgan fingerprint density at radius 2 is 0.967 bits per heavy atom. The lowest BCUT2D eigenvalue weighted by Crippen LogP contribution is -2.37. The van der Waals surface area contributed by atoms with Crippen LogP contribution in [0.25, 0.3) is 0 Å². The monoisotopic (exact) mass is 865 g/mol. The van der Waals surface area contributed by atoms with Gasteiger partial charge in [0.2, 0.25) is 0 Å². The number of allylic oxidation sites excluding steroid dienone is 10. The highest BCUT2D eigenvalue weighted by Crippen LogP contribution is 2.43. The van der Waals surface area contributed by atoms with E-state index in [9.17, 15) is 14.3 Å². The Labute approximate surface area is 370 Å². The lowest BCUT2D eigenvalue weighted by atomic mass is 10.1. The normalized spacial score (nSPS) is 14.2. The van der Waals surface area contributed by atoms with Crippen LogP contribution in [0.15, 0.2) is 60.8 Å². The minimum absolute atomic E-state index is 0.0836. The Hall–Kier alpha value is -1.80. The predicted molar refractivity (Wildman–Crippen MR) is 256 cm³/mol. The number of quaternary nitrogens is 1. The molecule has 0 spiro atoms. The van der Waals surface area contributed by atoms with Gasteiger partial charge in [-0.15, -0.1) is 0 Å². The van der Waals surface area contributed by atoms with Crippen LogP contribution in [0, 0.1) is 0 Å². The van der Waals surface area contributed by atoms with Gasteiger partial charge in [-0.25, -0.2) is 4.57 Å². The Balaban J connectivity index is 4.20. The molecule has 0 bridgehead atoms. The molecule has 0 amide bonds. The minimum atomic E-state index is -4.28. The van der Waals surface area contributed by atoms with Crippen LogP contribution in [0.4, 0.5) is 0 Å². The number of likely N-dealkylation sites (N-methyl/N-ethyl adjacent to an activating group) is 1. The van der Waals surface area contributed by atoms with Gasteiger partial charge in [0.15, 0.2) is 0 Å². The fourth-order valence-corrected chi connectivity index (χ4v) is 7.28. The van der Waals surface area contributed by atoms with Gasteiger partial charge in [-0.1, -0.05) is 177 Å². The third kappa shape index (κ3) is 47.3. The van der Waals surface area contributed by atoms with E-state index in [2.05, 4.69) is 74.6 Å². The van der Waals surface area contributed by atoms with Crippen molar-refractivity contribution < 1.29 is 37.3 Å². The number of phosphoric ester groups is 1. The van der Waals surface area contributed by atoms with Crippen LogP contribution in [-0.4, -0.2) is 75.6 Å². The molecule has 0 aliphatic rings. The van der Waals surface area contributed by atoms with Crippen molar-refractivity contribution in [1.82, 2.24) is 0 Å². The van der Waals surface area contributed by atoms with Gasteiger partial charge in [-0.05, 0) is 77.0 Å². The summed E-state index contributed by atoms with van der Waals surface area (Å²) in [5.74, 6) is -0.325. The number of ether oxygens (including phenoxy) is 2. The van der Waals surface area contributed by atoms with Gasteiger partial charge in [0.1, 0.15) is 19.3 Å². The second kappa shape index (κ2) is 43.8. The molecule has 0 saturated heterocycles. The van der Waals surface area contributed by atoms with E-state index >= 15 is 0 Å². The number of nitrogens with zero attached hydrogens (tertiary/aromatic N) is 1. The molecule has 9 heteroatoms. The number of hydrogen-bond donors (Lipinski definition) is 1. The van der Waals surface area contributed by atoms with Crippen LogP contribution in [-0.2, 0) is 27.9 Å². The first kappa shape index (κ1) is 58.2. The second-order valence-corrected chi connectivity index (χ2v) is 18.9. The molecule has 0 radical (unpaired) electrons. The van der Waals surface area contributed by atoms with E-state index in [1.165, 1.54) is 116 Å². The summed E-state index contributed by atoms with van der Waals surface area (Å²) in [6.45, 7) is 5.49. The quantitative estimate of drug-likeness (QED) is 0.0214. The maximum Gasteiger partial charge on any atom is 0.472 e. The van der Waals surface area contributed by atoms with Gasteiger partial charge in [0, 0.05) is 13.0 Å². The molecular weight excluding hydrogens is 770 g/mol. The first-order valence-electron chi connectivity index (χ1n) is 24.5. The maximum atomic E-state index is 12.7. The molecule has 0 aromatic rings. The number of carbonyl (C=O) groups excluding carboxylic acids is 1. The summed E-state index contributed by atoms with van der Waals surface area (Å²) in [6, 6.07) is 0. The fourth-order valence-electron chi connectivity index (χ4n) is 6.54. The van der Waals surface area contributed by atoms with Gasteiger partial charge in [-0.2, -0.15) is 0 Å². The van der Waals surface area contributed by atoms with E-state index in [0.717, 1.165) is 64.2 Å². The molecule has 0 aliphatic heterocycles. The van der Waals surface area contributed by atoms with E-state index in [4.69, 9.17) is 18.5 Å². The zero-order chi connectivity index (χ0) is 44.1. The van der Waals surface area contributed by atoms with Gasteiger partial charge < -0.3 is 18.9 Å². The van der Waals surface area contributed by atoms with Gasteiger partial charge in [0.25, 0.3) is 0 Å². The number of hydrogen-bond acceptors (Lipinski definition) is 6. The van der Waals surface area contributed by atoms with Crippen molar-refractivity contribution in [3.05, 3.63) is 60.8 Å². The van der Waals surface area contributed by atoms with Crippen molar-refractivity contribution in [3.8, 4) is 0 Å². The van der Waals surface area contributed by atoms with E-state index in [0.29, 0.717) is 24.1 Å². The van der Waals surface area contributed by atoms with Crippen LogP contribution in [0.5, 0.6) is 0 Å². The molecule has 8 nitrogen and oxygen atoms in total. The van der Waals surface area contributed by atoms with E-state index in [1.807, 2.05) is 21.1 Å². The summed E-state index contributed by atoms with van der Waals surface area (Å²) >= 11 is 0. The molecular formula is C51H95NO7P+. The first-order chi connectivity index (χ1) is 29.1. The molecule has 0 aromatic carbocycles. The minimum Gasteiger partial charge on any atom is -0.457 e. The third-order valence-corrected chi connectivity index (χ3v) is 11.3. The SMILES string of the molecule is CC/C=C\C/C=C\C/C=C\C/C=C\CCCCCCCCCCC(=O)OC(COCCCCCCCC/C=C\CCCCCCCCC)COP(=O)(O)OCC[N+](C)(C)C. The van der Waals surface area contributed by atoms with Crippen LogP contribution >= 0.6 is 7.82 Å². The lowest BCUT2D eigenvalue weighted by molar-refractivity contribution is -0.870. The summed E-state index contributed by atoms with van der Waals surface area (Å²) in [5, 5.41) is 0. The Kier molecular flexibility index (Phi) is 42.5. The summed E-state index contributed by atoms with van der Waals surface area (Å²) in [4.78, 5) is 23.0. The molecule has 0 fully saturated rings.